The predicted molar refractivity (Wildman–Crippen MR) is 59.4 cm³/mol. The molecule has 0 aliphatic carbocycles. The van der Waals surface area contributed by atoms with Crippen molar-refractivity contribution >= 4 is 39.0 Å². The third-order valence-corrected chi connectivity index (χ3v) is 3.40. The van der Waals surface area contributed by atoms with Crippen LogP contribution < -0.4 is 0 Å². The van der Waals surface area contributed by atoms with E-state index in [2.05, 4.69) is 0 Å². The average molecular weight is 243 g/mol. The van der Waals surface area contributed by atoms with Crippen molar-refractivity contribution in [3.8, 4) is 0 Å². The molecular weight excluding hydrogens is 236 g/mol. The summed E-state index contributed by atoms with van der Waals surface area (Å²) in [6, 6.07) is 6.92. The third kappa shape index (κ3) is 1.97. The molecule has 15 heavy (non-hydrogen) atoms. The van der Waals surface area contributed by atoms with E-state index in [-0.39, 0.29) is 0 Å². The smallest absolute Gasteiger partial charge is 0.338 e. The van der Waals surface area contributed by atoms with Gasteiger partial charge in [-0.2, -0.15) is 0 Å². The summed E-state index contributed by atoms with van der Waals surface area (Å²) in [5.41, 5.74) is 0. The van der Waals surface area contributed by atoms with Crippen LogP contribution in [0.15, 0.2) is 24.3 Å². The van der Waals surface area contributed by atoms with E-state index in [0.29, 0.717) is 9.90 Å². The summed E-state index contributed by atoms with van der Waals surface area (Å²) in [7, 11) is 0. The van der Waals surface area contributed by atoms with Crippen LogP contribution in [-0.2, 0) is 4.79 Å². The van der Waals surface area contributed by atoms with Crippen molar-refractivity contribution in [2.75, 3.05) is 0 Å². The highest BCUT2D eigenvalue weighted by atomic mass is 35.5. The van der Waals surface area contributed by atoms with Gasteiger partial charge in [-0.25, -0.2) is 4.79 Å². The zero-order valence-corrected chi connectivity index (χ0v) is 9.05. The van der Waals surface area contributed by atoms with Crippen molar-refractivity contribution in [1.82, 2.24) is 0 Å². The molecule has 1 heterocycles. The maximum Gasteiger partial charge on any atom is 0.338 e. The van der Waals surface area contributed by atoms with Gasteiger partial charge >= 0.3 is 5.97 Å². The summed E-state index contributed by atoms with van der Waals surface area (Å²) in [5, 5.41) is 19.4. The van der Waals surface area contributed by atoms with Crippen molar-refractivity contribution in [3.05, 3.63) is 34.2 Å². The summed E-state index contributed by atoms with van der Waals surface area (Å²) in [5.74, 6) is -1.24. The molecule has 1 atom stereocenters. The molecule has 2 aromatic rings. The highest BCUT2D eigenvalue weighted by molar-refractivity contribution is 7.19. The zero-order chi connectivity index (χ0) is 11.0. The Morgan fingerprint density at radius 2 is 2.13 bits per heavy atom. The number of carboxylic acids is 1. The molecule has 0 bridgehead atoms. The molecule has 2 N–H and O–H groups in total. The molecule has 0 aliphatic heterocycles. The number of rotatable bonds is 2. The first-order valence-electron chi connectivity index (χ1n) is 4.18. The SMILES string of the molecule is O=C(O)C(O)c1cc2cc(Cl)ccc2s1. The molecule has 0 spiro atoms. The van der Waals surface area contributed by atoms with Crippen LogP contribution in [0.3, 0.4) is 0 Å². The largest absolute Gasteiger partial charge is 0.479 e. The van der Waals surface area contributed by atoms with E-state index < -0.39 is 12.1 Å². The van der Waals surface area contributed by atoms with E-state index in [4.69, 9.17) is 16.7 Å². The zero-order valence-electron chi connectivity index (χ0n) is 7.48. The van der Waals surface area contributed by atoms with Gasteiger partial charge in [0.25, 0.3) is 0 Å². The van der Waals surface area contributed by atoms with Gasteiger partial charge in [0.1, 0.15) is 0 Å². The molecule has 0 amide bonds. The molecule has 78 valence electrons. The van der Waals surface area contributed by atoms with Crippen LogP contribution >= 0.6 is 22.9 Å². The van der Waals surface area contributed by atoms with Gasteiger partial charge in [0, 0.05) is 14.6 Å². The quantitative estimate of drug-likeness (QED) is 0.851. The molecule has 0 fully saturated rings. The lowest BCUT2D eigenvalue weighted by molar-refractivity contribution is -0.146. The van der Waals surface area contributed by atoms with Gasteiger partial charge in [-0.15, -0.1) is 11.3 Å². The first-order chi connectivity index (χ1) is 7.08. The van der Waals surface area contributed by atoms with Crippen LogP contribution in [0.25, 0.3) is 10.1 Å². The molecule has 0 aliphatic rings. The number of thiophene rings is 1. The first kappa shape index (κ1) is 10.4. The number of aliphatic hydroxyl groups is 1. The van der Waals surface area contributed by atoms with Gasteiger partial charge in [-0.1, -0.05) is 11.6 Å². The second-order valence-electron chi connectivity index (χ2n) is 3.07. The standard InChI is InChI=1S/C10H7ClO3S/c11-6-1-2-7-5(3-6)4-8(15-7)9(12)10(13)14/h1-4,9,12H,(H,13,14). The second kappa shape index (κ2) is 3.81. The Balaban J connectivity index is 2.51. The summed E-state index contributed by atoms with van der Waals surface area (Å²) in [6.45, 7) is 0. The van der Waals surface area contributed by atoms with Gasteiger partial charge in [-0.05, 0) is 29.7 Å². The number of fused-ring (bicyclic) bond motifs is 1. The van der Waals surface area contributed by atoms with Crippen LogP contribution in [0.2, 0.25) is 5.02 Å². The molecule has 0 saturated heterocycles. The summed E-state index contributed by atoms with van der Waals surface area (Å²) in [4.78, 5) is 11.0. The van der Waals surface area contributed by atoms with Crippen molar-refractivity contribution in [3.63, 3.8) is 0 Å². The van der Waals surface area contributed by atoms with Crippen LogP contribution in [0.1, 0.15) is 11.0 Å². The highest BCUT2D eigenvalue weighted by Crippen LogP contribution is 2.31. The van der Waals surface area contributed by atoms with Crippen molar-refractivity contribution in [2.45, 2.75) is 6.10 Å². The Morgan fingerprint density at radius 3 is 2.80 bits per heavy atom. The molecule has 1 aromatic heterocycles. The Kier molecular flexibility index (Phi) is 2.65. The maximum absolute atomic E-state index is 10.6. The van der Waals surface area contributed by atoms with Crippen LogP contribution in [0.4, 0.5) is 0 Å². The Bertz CT molecular complexity index is 520. The number of hydrogen-bond donors (Lipinski definition) is 2. The lowest BCUT2D eigenvalue weighted by atomic mass is 10.2. The van der Waals surface area contributed by atoms with Gasteiger partial charge < -0.3 is 10.2 Å². The van der Waals surface area contributed by atoms with Gasteiger partial charge in [0.2, 0.25) is 0 Å². The van der Waals surface area contributed by atoms with E-state index in [1.807, 2.05) is 0 Å². The molecule has 1 aromatic carbocycles. The first-order valence-corrected chi connectivity index (χ1v) is 5.37. The molecule has 3 nitrogen and oxygen atoms in total. The van der Waals surface area contributed by atoms with Gasteiger partial charge in [0.15, 0.2) is 6.10 Å². The number of aliphatic hydroxyl groups excluding tert-OH is 1. The Labute approximate surface area is 94.5 Å². The topological polar surface area (TPSA) is 57.5 Å². The minimum atomic E-state index is -1.46. The predicted octanol–water partition coefficient (Wildman–Crippen LogP) is 2.67. The molecule has 0 saturated carbocycles. The molecular formula is C10H7ClO3S. The summed E-state index contributed by atoms with van der Waals surface area (Å²) >= 11 is 7.05. The van der Waals surface area contributed by atoms with Gasteiger partial charge in [-0.3, -0.25) is 0 Å². The van der Waals surface area contributed by atoms with E-state index in [1.54, 1.807) is 24.3 Å². The van der Waals surface area contributed by atoms with Crippen LogP contribution in [0, 0.1) is 0 Å². The lowest BCUT2D eigenvalue weighted by Gasteiger charge is -1.99. The third-order valence-electron chi connectivity index (χ3n) is 2.00. The minimum Gasteiger partial charge on any atom is -0.479 e. The average Bonchev–Trinajstić information content (AvgIpc) is 2.58. The summed E-state index contributed by atoms with van der Waals surface area (Å²) in [6.07, 6.45) is -1.46. The van der Waals surface area contributed by atoms with Crippen LogP contribution in [-0.4, -0.2) is 16.2 Å². The number of aliphatic carboxylic acids is 1. The number of benzene rings is 1. The van der Waals surface area contributed by atoms with E-state index in [9.17, 15) is 9.90 Å². The fraction of sp³-hybridized carbons (Fsp3) is 0.100. The molecule has 0 radical (unpaired) electrons. The summed E-state index contributed by atoms with van der Waals surface area (Å²) < 4.78 is 0.912. The monoisotopic (exact) mass is 242 g/mol. The van der Waals surface area contributed by atoms with Crippen molar-refractivity contribution in [2.24, 2.45) is 0 Å². The number of halogens is 1. The molecule has 2 rings (SSSR count). The van der Waals surface area contributed by atoms with E-state index in [0.717, 1.165) is 10.1 Å². The normalized spacial score (nSPS) is 12.9. The highest BCUT2D eigenvalue weighted by Gasteiger charge is 2.18. The lowest BCUT2D eigenvalue weighted by Crippen LogP contribution is -2.08. The Morgan fingerprint density at radius 1 is 1.40 bits per heavy atom. The second-order valence-corrected chi connectivity index (χ2v) is 4.62. The number of carboxylic acid groups (broad SMARTS) is 1. The fourth-order valence-electron chi connectivity index (χ4n) is 1.29. The van der Waals surface area contributed by atoms with E-state index in [1.165, 1.54) is 11.3 Å². The van der Waals surface area contributed by atoms with Crippen molar-refractivity contribution in [1.29, 1.82) is 0 Å². The molecule has 1 unspecified atom stereocenters. The Hall–Kier alpha value is -1.10. The minimum absolute atomic E-state index is 0.416. The van der Waals surface area contributed by atoms with E-state index >= 15 is 0 Å². The number of carbonyl (C=O) groups is 1. The molecule has 5 heteroatoms. The number of hydrogen-bond acceptors (Lipinski definition) is 3. The van der Waals surface area contributed by atoms with Crippen molar-refractivity contribution < 1.29 is 15.0 Å². The fourth-order valence-corrected chi connectivity index (χ4v) is 2.50. The van der Waals surface area contributed by atoms with Gasteiger partial charge in [0.05, 0.1) is 0 Å². The van der Waals surface area contributed by atoms with Crippen LogP contribution in [0.5, 0.6) is 0 Å². The maximum atomic E-state index is 10.6.